The lowest BCUT2D eigenvalue weighted by atomic mass is 10.1. The van der Waals surface area contributed by atoms with E-state index in [1.54, 1.807) is 7.11 Å². The summed E-state index contributed by atoms with van der Waals surface area (Å²) in [5.74, 6) is 0.935. The molecule has 0 saturated carbocycles. The standard InChI is InChI=1S/C35H40O6P/c1-34(2)38-28(21-22-30-31-32(33(36-5)37-30)41-35(3,4)40-31)29(39-34)23-24-42(25-15-9-6-10-16-25,26-17-11-7-12-18-26)27-19-13-8-14-20-27/h6-24,28-33H,1-5H3/q+1/b22-21+,24-23+/t28-,29+,30+,31?,32?,33-/m1/s1. The average Bonchev–Trinajstić information content (AvgIpc) is 3.60. The summed E-state index contributed by atoms with van der Waals surface area (Å²) in [6.45, 7) is 7.74. The Bertz CT molecular complexity index is 1290. The highest BCUT2D eigenvalue weighted by molar-refractivity contribution is 7.98. The SMILES string of the molecule is CO[C@@H]1O[C@@H](/C=C/[C@H]2OC(C)(C)O[C@H]2/C=C/[P+](c2ccccc2)(c2ccccc2)c2ccccc2)C2OC(C)(C)OC21. The van der Waals surface area contributed by atoms with Crippen LogP contribution in [0.4, 0.5) is 0 Å². The summed E-state index contributed by atoms with van der Waals surface area (Å²) in [4.78, 5) is 0. The van der Waals surface area contributed by atoms with Gasteiger partial charge in [-0.15, -0.1) is 0 Å². The molecule has 3 aromatic carbocycles. The number of fused-ring (bicyclic) bond motifs is 1. The Morgan fingerprint density at radius 1 is 0.571 bits per heavy atom. The molecule has 3 aromatic rings. The van der Waals surface area contributed by atoms with Crippen LogP contribution in [0.3, 0.4) is 0 Å². The van der Waals surface area contributed by atoms with Crippen LogP contribution in [-0.2, 0) is 28.4 Å². The Balaban J connectivity index is 1.35. The number of hydrogen-bond acceptors (Lipinski definition) is 6. The molecule has 3 saturated heterocycles. The van der Waals surface area contributed by atoms with E-state index in [1.807, 2.05) is 39.8 Å². The van der Waals surface area contributed by atoms with Gasteiger partial charge in [-0.3, -0.25) is 0 Å². The number of ether oxygens (including phenoxy) is 6. The molecule has 0 aromatic heterocycles. The van der Waals surface area contributed by atoms with Crippen molar-refractivity contribution in [1.82, 2.24) is 0 Å². The van der Waals surface area contributed by atoms with Crippen molar-refractivity contribution in [2.24, 2.45) is 0 Å². The molecule has 0 amide bonds. The monoisotopic (exact) mass is 587 g/mol. The van der Waals surface area contributed by atoms with Gasteiger partial charge >= 0.3 is 0 Å². The van der Waals surface area contributed by atoms with Crippen molar-refractivity contribution in [3.8, 4) is 0 Å². The first-order valence-electron chi connectivity index (χ1n) is 14.5. The lowest BCUT2D eigenvalue weighted by molar-refractivity contribution is -0.221. The van der Waals surface area contributed by atoms with Crippen LogP contribution < -0.4 is 15.9 Å². The fraction of sp³-hybridized carbons (Fsp3) is 0.371. The maximum atomic E-state index is 6.48. The quantitative estimate of drug-likeness (QED) is 0.258. The summed E-state index contributed by atoms with van der Waals surface area (Å²) in [6, 6.07) is 32.3. The van der Waals surface area contributed by atoms with Crippen molar-refractivity contribution in [2.45, 2.75) is 76.1 Å². The van der Waals surface area contributed by atoms with E-state index in [0.29, 0.717) is 0 Å². The van der Waals surface area contributed by atoms with Gasteiger partial charge in [0.1, 0.15) is 53.7 Å². The maximum absolute atomic E-state index is 6.48. The van der Waals surface area contributed by atoms with Crippen molar-refractivity contribution >= 4 is 23.2 Å². The molecule has 3 aliphatic rings. The summed E-state index contributed by atoms with van der Waals surface area (Å²) in [5.41, 5.74) is 0. The van der Waals surface area contributed by atoms with Gasteiger partial charge in [0.2, 0.25) is 0 Å². The molecule has 0 aliphatic carbocycles. The van der Waals surface area contributed by atoms with Crippen molar-refractivity contribution in [1.29, 1.82) is 0 Å². The second kappa shape index (κ2) is 11.8. The lowest BCUT2D eigenvalue weighted by Crippen LogP contribution is -2.30. The van der Waals surface area contributed by atoms with Gasteiger partial charge < -0.3 is 28.4 Å². The van der Waals surface area contributed by atoms with Gasteiger partial charge in [-0.2, -0.15) is 0 Å². The molecule has 3 heterocycles. The largest absolute Gasteiger partial charge is 0.353 e. The van der Waals surface area contributed by atoms with Gasteiger partial charge in [0.15, 0.2) is 17.9 Å². The van der Waals surface area contributed by atoms with Gasteiger partial charge in [0, 0.05) is 7.11 Å². The molecule has 3 aliphatic heterocycles. The van der Waals surface area contributed by atoms with E-state index in [4.69, 9.17) is 28.4 Å². The summed E-state index contributed by atoms with van der Waals surface area (Å²) in [5, 5.41) is 3.84. The van der Waals surface area contributed by atoms with E-state index in [2.05, 4.69) is 103 Å². The zero-order valence-corrected chi connectivity index (χ0v) is 25.7. The van der Waals surface area contributed by atoms with E-state index in [-0.39, 0.29) is 30.5 Å². The van der Waals surface area contributed by atoms with Crippen molar-refractivity contribution < 1.29 is 28.4 Å². The Labute approximate surface area is 249 Å². The predicted octanol–water partition coefficient (Wildman–Crippen LogP) is 5.46. The topological polar surface area (TPSA) is 55.4 Å². The molecular weight excluding hydrogens is 547 g/mol. The Morgan fingerprint density at radius 3 is 1.50 bits per heavy atom. The zero-order valence-electron chi connectivity index (χ0n) is 24.8. The average molecular weight is 588 g/mol. The Morgan fingerprint density at radius 2 is 1.00 bits per heavy atom. The second-order valence-corrected chi connectivity index (χ2v) is 15.1. The highest BCUT2D eigenvalue weighted by Gasteiger charge is 2.55. The van der Waals surface area contributed by atoms with E-state index < -0.39 is 25.1 Å². The van der Waals surface area contributed by atoms with Crippen LogP contribution in [0.5, 0.6) is 0 Å². The van der Waals surface area contributed by atoms with E-state index in [1.165, 1.54) is 15.9 Å². The van der Waals surface area contributed by atoms with Gasteiger partial charge in [-0.05, 0) is 70.2 Å². The Hall–Kier alpha value is -2.67. The minimum Gasteiger partial charge on any atom is -0.353 e. The van der Waals surface area contributed by atoms with Gasteiger partial charge in [0.05, 0.1) is 5.82 Å². The molecule has 6 rings (SSSR count). The van der Waals surface area contributed by atoms with Gasteiger partial charge in [-0.25, -0.2) is 0 Å². The van der Waals surface area contributed by atoms with Crippen LogP contribution in [-0.4, -0.2) is 55.5 Å². The summed E-state index contributed by atoms with van der Waals surface area (Å²) in [7, 11) is -0.547. The van der Waals surface area contributed by atoms with Crippen LogP contribution in [0.2, 0.25) is 0 Å². The summed E-state index contributed by atoms with van der Waals surface area (Å²) in [6.07, 6.45) is 4.23. The number of hydrogen-bond donors (Lipinski definition) is 0. The zero-order chi connectivity index (χ0) is 29.4. The minimum atomic E-state index is -2.17. The number of methoxy groups -OCH3 is 1. The molecule has 220 valence electrons. The van der Waals surface area contributed by atoms with Crippen molar-refractivity contribution in [3.63, 3.8) is 0 Å². The van der Waals surface area contributed by atoms with Crippen LogP contribution in [0.1, 0.15) is 27.7 Å². The smallest absolute Gasteiger partial charge is 0.187 e. The summed E-state index contributed by atoms with van der Waals surface area (Å²) < 4.78 is 36.8. The highest BCUT2D eigenvalue weighted by Crippen LogP contribution is 2.57. The molecule has 0 spiro atoms. The molecule has 0 bridgehead atoms. The fourth-order valence-electron chi connectivity index (χ4n) is 6.18. The molecular formula is C35H40O6P+. The third-order valence-corrected chi connectivity index (χ3v) is 11.9. The Kier molecular flexibility index (Phi) is 8.25. The van der Waals surface area contributed by atoms with E-state index in [0.717, 1.165) is 0 Å². The van der Waals surface area contributed by atoms with Crippen LogP contribution in [0, 0.1) is 0 Å². The second-order valence-electron chi connectivity index (χ2n) is 11.8. The van der Waals surface area contributed by atoms with Crippen molar-refractivity contribution in [3.05, 3.63) is 115 Å². The van der Waals surface area contributed by atoms with Gasteiger partial charge in [0.25, 0.3) is 0 Å². The third kappa shape index (κ3) is 5.78. The molecule has 0 radical (unpaired) electrons. The van der Waals surface area contributed by atoms with Crippen molar-refractivity contribution in [2.75, 3.05) is 7.11 Å². The lowest BCUT2D eigenvalue weighted by Gasteiger charge is -2.24. The molecule has 6 nitrogen and oxygen atoms in total. The van der Waals surface area contributed by atoms with Crippen LogP contribution >= 0.6 is 7.26 Å². The van der Waals surface area contributed by atoms with Gasteiger partial charge in [-0.1, -0.05) is 66.7 Å². The molecule has 2 unspecified atom stereocenters. The number of rotatable bonds is 8. The van der Waals surface area contributed by atoms with Crippen LogP contribution in [0.25, 0.3) is 0 Å². The molecule has 42 heavy (non-hydrogen) atoms. The van der Waals surface area contributed by atoms with E-state index in [9.17, 15) is 0 Å². The fourth-order valence-corrected chi connectivity index (χ4v) is 9.94. The summed E-state index contributed by atoms with van der Waals surface area (Å²) >= 11 is 0. The molecule has 0 N–H and O–H groups in total. The molecule has 7 heteroatoms. The maximum Gasteiger partial charge on any atom is 0.187 e. The van der Waals surface area contributed by atoms with Crippen LogP contribution in [0.15, 0.2) is 115 Å². The molecule has 3 fully saturated rings. The highest BCUT2D eigenvalue weighted by atomic mass is 31.2. The van der Waals surface area contributed by atoms with E-state index >= 15 is 0 Å². The predicted molar refractivity (Wildman–Crippen MR) is 167 cm³/mol. The first-order chi connectivity index (χ1) is 20.2. The first-order valence-corrected chi connectivity index (χ1v) is 16.4. The third-order valence-electron chi connectivity index (χ3n) is 7.92. The minimum absolute atomic E-state index is 0.265. The molecule has 6 atom stereocenters. The first kappa shape index (κ1) is 29.4. The normalized spacial score (nSPS) is 30.3. The number of benzene rings is 3.